The minimum atomic E-state index is -3.89. The zero-order valence-electron chi connectivity index (χ0n) is 22.0. The van der Waals surface area contributed by atoms with Gasteiger partial charge in [0.25, 0.3) is 0 Å². The molecular weight excluding hydrogens is 506 g/mol. The number of amides is 1. The maximum atomic E-state index is 13.3. The van der Waals surface area contributed by atoms with Gasteiger partial charge in [-0.1, -0.05) is 6.07 Å². The summed E-state index contributed by atoms with van der Waals surface area (Å²) in [7, 11) is -1.94. The lowest BCUT2D eigenvalue weighted by Gasteiger charge is -2.32. The Kier molecular flexibility index (Phi) is 8.01. The SMILES string of the molecule is CC(=O)N1CCC(c2ccc3c(c2)O[C@H]2CN(Cc4ccncc4)C[C@H]2N(C)C[C@@H](O)CNS3(=O)=O)CC1. The van der Waals surface area contributed by atoms with E-state index in [0.29, 0.717) is 31.9 Å². The molecule has 38 heavy (non-hydrogen) atoms. The number of carbonyl (C=O) groups excluding carboxylic acids is 1. The van der Waals surface area contributed by atoms with Gasteiger partial charge in [0.05, 0.1) is 12.1 Å². The second-order valence-electron chi connectivity index (χ2n) is 10.7. The number of nitrogens with one attached hydrogen (secondary N) is 1. The van der Waals surface area contributed by atoms with Gasteiger partial charge in [-0.15, -0.1) is 0 Å². The Morgan fingerprint density at radius 1 is 1.13 bits per heavy atom. The van der Waals surface area contributed by atoms with E-state index in [1.807, 2.05) is 36.2 Å². The summed E-state index contributed by atoms with van der Waals surface area (Å²) in [6.45, 7) is 5.31. The average Bonchev–Trinajstić information content (AvgIpc) is 3.29. The molecule has 0 saturated carbocycles. The summed E-state index contributed by atoms with van der Waals surface area (Å²) in [4.78, 5) is 22.2. The molecule has 0 aliphatic carbocycles. The van der Waals surface area contributed by atoms with Crippen LogP contribution in [0.15, 0.2) is 47.6 Å². The number of sulfonamides is 1. The van der Waals surface area contributed by atoms with Crippen molar-refractivity contribution in [2.24, 2.45) is 0 Å². The summed E-state index contributed by atoms with van der Waals surface area (Å²) >= 11 is 0. The molecule has 11 heteroatoms. The molecule has 1 aromatic carbocycles. The zero-order chi connectivity index (χ0) is 26.9. The summed E-state index contributed by atoms with van der Waals surface area (Å²) in [5.74, 6) is 0.648. The number of likely N-dealkylation sites (tertiary alicyclic amines) is 2. The molecule has 0 radical (unpaired) electrons. The first-order valence-electron chi connectivity index (χ1n) is 13.2. The van der Waals surface area contributed by atoms with E-state index in [9.17, 15) is 18.3 Å². The predicted molar refractivity (Wildman–Crippen MR) is 142 cm³/mol. The van der Waals surface area contributed by atoms with E-state index in [2.05, 4.69) is 19.5 Å². The fraction of sp³-hybridized carbons (Fsp3) is 0.556. The number of aromatic nitrogens is 1. The zero-order valence-corrected chi connectivity index (χ0v) is 22.8. The number of hydrogen-bond donors (Lipinski definition) is 2. The monoisotopic (exact) mass is 543 g/mol. The fourth-order valence-electron chi connectivity index (χ4n) is 5.85. The van der Waals surface area contributed by atoms with Gasteiger partial charge in [-0.25, -0.2) is 13.1 Å². The average molecular weight is 544 g/mol. The number of ether oxygens (including phenoxy) is 1. The van der Waals surface area contributed by atoms with Crippen LogP contribution in [0, 0.1) is 0 Å². The number of rotatable bonds is 3. The van der Waals surface area contributed by atoms with Crippen LogP contribution in [0.2, 0.25) is 0 Å². The summed E-state index contributed by atoms with van der Waals surface area (Å²) in [5, 5.41) is 10.6. The molecule has 5 rings (SSSR count). The Labute approximate surface area is 224 Å². The highest BCUT2D eigenvalue weighted by Gasteiger charge is 2.39. The number of fused-ring (bicyclic) bond motifs is 2. The maximum Gasteiger partial charge on any atom is 0.244 e. The van der Waals surface area contributed by atoms with E-state index in [1.165, 1.54) is 0 Å². The Morgan fingerprint density at radius 3 is 2.58 bits per heavy atom. The van der Waals surface area contributed by atoms with Crippen LogP contribution < -0.4 is 9.46 Å². The molecule has 10 nitrogen and oxygen atoms in total. The quantitative estimate of drug-likeness (QED) is 0.590. The van der Waals surface area contributed by atoms with Gasteiger partial charge >= 0.3 is 0 Å². The van der Waals surface area contributed by atoms with Crippen LogP contribution in [0.5, 0.6) is 5.75 Å². The van der Waals surface area contributed by atoms with Crippen LogP contribution in [0.25, 0.3) is 0 Å². The maximum absolute atomic E-state index is 13.3. The standard InChI is InChI=1S/C27H37N5O5S/c1-19(33)32-11-7-21(8-12-32)22-3-4-27-25(13-22)37-26-18-31(15-20-5-9-28-10-6-20)17-24(26)30(2)16-23(34)14-29-38(27,35)36/h3-6,9-10,13,21,23-24,26,29,34H,7-8,11-12,14-18H2,1-2H3/t23-,24+,26-/m0/s1. The Bertz CT molecular complexity index is 1240. The van der Waals surface area contributed by atoms with Gasteiger partial charge in [0.15, 0.2) is 0 Å². The largest absolute Gasteiger partial charge is 0.486 e. The number of aliphatic hydroxyl groups is 1. The first-order chi connectivity index (χ1) is 18.2. The topological polar surface area (TPSA) is 115 Å². The lowest BCUT2D eigenvalue weighted by molar-refractivity contribution is -0.129. The summed E-state index contributed by atoms with van der Waals surface area (Å²) in [5.41, 5.74) is 2.17. The number of piperidine rings is 1. The molecule has 2 saturated heterocycles. The number of hydrogen-bond acceptors (Lipinski definition) is 8. The number of benzene rings is 1. The summed E-state index contributed by atoms with van der Waals surface area (Å²) in [6, 6.07) is 9.32. The van der Waals surface area contributed by atoms with Crippen LogP contribution >= 0.6 is 0 Å². The Morgan fingerprint density at radius 2 is 1.87 bits per heavy atom. The van der Waals surface area contributed by atoms with Crippen molar-refractivity contribution in [2.75, 3.05) is 46.3 Å². The third kappa shape index (κ3) is 6.02. The van der Waals surface area contributed by atoms with Crippen molar-refractivity contribution in [3.05, 3.63) is 53.9 Å². The summed E-state index contributed by atoms with van der Waals surface area (Å²) in [6.07, 6.45) is 4.07. The highest BCUT2D eigenvalue weighted by Crippen LogP contribution is 2.35. The molecule has 1 aromatic heterocycles. The molecule has 3 aliphatic rings. The summed E-state index contributed by atoms with van der Waals surface area (Å²) < 4.78 is 35.7. The second kappa shape index (κ2) is 11.3. The van der Waals surface area contributed by atoms with Crippen LogP contribution in [-0.4, -0.2) is 104 Å². The molecule has 2 N–H and O–H groups in total. The molecule has 2 fully saturated rings. The first kappa shape index (κ1) is 27.0. The number of carbonyl (C=O) groups is 1. The normalized spacial score (nSPS) is 27.1. The molecule has 0 bridgehead atoms. The van der Waals surface area contributed by atoms with Gasteiger partial charge in [0.2, 0.25) is 15.9 Å². The van der Waals surface area contributed by atoms with Crippen molar-refractivity contribution in [2.45, 2.75) is 55.4 Å². The van der Waals surface area contributed by atoms with Gasteiger partial charge < -0.3 is 14.7 Å². The minimum absolute atomic E-state index is 0.0254. The predicted octanol–water partition coefficient (Wildman–Crippen LogP) is 1.02. The third-order valence-electron chi connectivity index (χ3n) is 7.99. The molecular formula is C27H37N5O5S. The van der Waals surface area contributed by atoms with Crippen LogP contribution in [0.1, 0.15) is 36.8 Å². The molecule has 1 amide bonds. The van der Waals surface area contributed by atoms with Gasteiger partial charge in [-0.2, -0.15) is 0 Å². The van der Waals surface area contributed by atoms with Crippen molar-refractivity contribution >= 4 is 15.9 Å². The lowest BCUT2D eigenvalue weighted by Crippen LogP contribution is -2.47. The first-order valence-corrected chi connectivity index (χ1v) is 14.7. The van der Waals surface area contributed by atoms with Crippen LogP contribution in [0.3, 0.4) is 0 Å². The third-order valence-corrected chi connectivity index (χ3v) is 9.45. The van der Waals surface area contributed by atoms with E-state index in [-0.39, 0.29) is 35.4 Å². The van der Waals surface area contributed by atoms with Gasteiger partial charge in [0.1, 0.15) is 16.7 Å². The highest BCUT2D eigenvalue weighted by molar-refractivity contribution is 7.89. The number of pyridine rings is 1. The van der Waals surface area contributed by atoms with Crippen molar-refractivity contribution < 1.29 is 23.1 Å². The van der Waals surface area contributed by atoms with Gasteiger partial charge in [-0.3, -0.25) is 19.6 Å². The van der Waals surface area contributed by atoms with E-state index in [0.717, 1.165) is 37.1 Å². The second-order valence-corrected chi connectivity index (χ2v) is 12.4. The minimum Gasteiger partial charge on any atom is -0.486 e. The van der Waals surface area contributed by atoms with Crippen LogP contribution in [-0.2, 0) is 21.4 Å². The number of nitrogens with zero attached hydrogens (tertiary/aromatic N) is 4. The Balaban J connectivity index is 1.44. The molecule has 0 spiro atoms. The molecule has 2 aromatic rings. The molecule has 4 heterocycles. The lowest BCUT2D eigenvalue weighted by atomic mass is 9.89. The van der Waals surface area contributed by atoms with E-state index in [4.69, 9.17) is 4.74 Å². The molecule has 0 unspecified atom stereocenters. The van der Waals surface area contributed by atoms with Gasteiger partial charge in [-0.05, 0) is 61.2 Å². The highest BCUT2D eigenvalue weighted by atomic mass is 32.2. The van der Waals surface area contributed by atoms with Crippen molar-refractivity contribution in [3.8, 4) is 5.75 Å². The molecule has 206 valence electrons. The number of β-amino-alcohol motifs (C(OH)–C–C–N with tert-alkyl or cyclic N) is 1. The van der Waals surface area contributed by atoms with E-state index in [1.54, 1.807) is 25.4 Å². The van der Waals surface area contributed by atoms with E-state index >= 15 is 0 Å². The fourth-order valence-corrected chi connectivity index (χ4v) is 7.03. The van der Waals surface area contributed by atoms with Crippen molar-refractivity contribution in [1.29, 1.82) is 0 Å². The number of likely N-dealkylation sites (N-methyl/N-ethyl adjacent to an activating group) is 1. The van der Waals surface area contributed by atoms with Crippen molar-refractivity contribution in [1.82, 2.24) is 24.4 Å². The molecule has 3 aliphatic heterocycles. The van der Waals surface area contributed by atoms with Gasteiger partial charge in [0, 0.05) is 65.1 Å². The van der Waals surface area contributed by atoms with E-state index < -0.39 is 16.1 Å². The smallest absolute Gasteiger partial charge is 0.244 e. The van der Waals surface area contributed by atoms with Crippen LogP contribution in [0.4, 0.5) is 0 Å². The molecule has 3 atom stereocenters. The number of aliphatic hydroxyl groups excluding tert-OH is 1. The Hall–Kier alpha value is -2.57. The van der Waals surface area contributed by atoms with Crippen molar-refractivity contribution in [3.63, 3.8) is 0 Å².